The zero-order chi connectivity index (χ0) is 8.27. The van der Waals surface area contributed by atoms with Crippen LogP contribution in [-0.2, 0) is 0 Å². The highest BCUT2D eigenvalue weighted by atomic mass is 28.2. The molecule has 1 rings (SSSR count). The molecule has 0 aromatic rings. The first-order valence-corrected chi connectivity index (χ1v) is 6.80. The lowest BCUT2D eigenvalue weighted by Gasteiger charge is -1.93. The standard InChI is InChI=1S/C10H16Si/c1-4-5-9-6-7-10(8-9)11(2)3/h6-8H,4-5H2,1-3H3. The van der Waals surface area contributed by atoms with E-state index in [-0.39, 0.29) is 8.41 Å². The third kappa shape index (κ3) is 2.26. The second kappa shape index (κ2) is 3.81. The Bertz CT molecular complexity index is 227. The highest BCUT2D eigenvalue weighted by Gasteiger charge is 2.01. The summed E-state index contributed by atoms with van der Waals surface area (Å²) in [6.07, 6.45) is 9.45. The largest absolute Gasteiger partial charge is 0.0651 e. The van der Waals surface area contributed by atoms with Crippen LogP contribution < -0.4 is 0 Å². The molecule has 0 N–H and O–H groups in total. The summed E-state index contributed by atoms with van der Waals surface area (Å²) in [6, 6.07) is 0. The van der Waals surface area contributed by atoms with Crippen molar-refractivity contribution in [3.8, 4) is 0 Å². The molecule has 0 aromatic heterocycles. The fourth-order valence-electron chi connectivity index (χ4n) is 1.25. The fraction of sp³-hybridized carbons (Fsp3) is 0.500. The van der Waals surface area contributed by atoms with Gasteiger partial charge < -0.3 is 0 Å². The highest BCUT2D eigenvalue weighted by Crippen LogP contribution is 2.12. The first-order chi connectivity index (χ1) is 5.24. The van der Waals surface area contributed by atoms with Crippen molar-refractivity contribution in [3.05, 3.63) is 23.8 Å². The summed E-state index contributed by atoms with van der Waals surface area (Å²) >= 11 is 0. The molecule has 11 heavy (non-hydrogen) atoms. The lowest BCUT2D eigenvalue weighted by Crippen LogP contribution is -2.00. The first kappa shape index (κ1) is 8.66. The van der Waals surface area contributed by atoms with E-state index in [4.69, 9.17) is 0 Å². The van der Waals surface area contributed by atoms with E-state index in [9.17, 15) is 0 Å². The Balaban J connectivity index is 2.71. The Kier molecular flexibility index (Phi) is 3.00. The highest BCUT2D eigenvalue weighted by molar-refractivity contribution is 6.73. The van der Waals surface area contributed by atoms with Gasteiger partial charge in [-0.25, -0.2) is 0 Å². The van der Waals surface area contributed by atoms with Crippen molar-refractivity contribution in [2.24, 2.45) is 0 Å². The molecule has 1 heteroatoms. The van der Waals surface area contributed by atoms with Crippen molar-refractivity contribution < 1.29 is 0 Å². The van der Waals surface area contributed by atoms with Gasteiger partial charge in [0.1, 0.15) is 0 Å². The molecule has 0 heterocycles. The van der Waals surface area contributed by atoms with Gasteiger partial charge in [0.05, 0.1) is 0 Å². The van der Waals surface area contributed by atoms with Crippen LogP contribution in [0.2, 0.25) is 13.1 Å². The number of hydrogen-bond acceptors (Lipinski definition) is 0. The monoisotopic (exact) mass is 164 g/mol. The Hall–Kier alpha value is -0.433. The molecule has 1 aliphatic carbocycles. The molecule has 0 bridgehead atoms. The van der Waals surface area contributed by atoms with E-state index in [1.165, 1.54) is 18.4 Å². The summed E-state index contributed by atoms with van der Waals surface area (Å²) < 4.78 is 0. The predicted molar refractivity (Wildman–Crippen MR) is 54.6 cm³/mol. The van der Waals surface area contributed by atoms with E-state index in [1.807, 2.05) is 0 Å². The zero-order valence-electron chi connectivity index (χ0n) is 7.65. The van der Waals surface area contributed by atoms with Gasteiger partial charge in [0.2, 0.25) is 0 Å². The van der Waals surface area contributed by atoms with E-state index in [0.29, 0.717) is 0 Å². The van der Waals surface area contributed by atoms with Crippen LogP contribution in [0.4, 0.5) is 0 Å². The maximum Gasteiger partial charge on any atom is 0.0128 e. The van der Waals surface area contributed by atoms with Crippen molar-refractivity contribution in [1.82, 2.24) is 0 Å². The van der Waals surface area contributed by atoms with Crippen LogP contribution in [0, 0.1) is 0 Å². The summed E-state index contributed by atoms with van der Waals surface area (Å²) in [7, 11) is -0.209. The van der Waals surface area contributed by atoms with Gasteiger partial charge in [-0.15, -0.1) is 0 Å². The SMILES string of the molecule is CCCC1=CC(=[Si](C)C)C=C1. The van der Waals surface area contributed by atoms with Crippen LogP contribution >= 0.6 is 0 Å². The van der Waals surface area contributed by atoms with Gasteiger partial charge in [0.25, 0.3) is 0 Å². The normalized spacial score (nSPS) is 15.5. The Labute approximate surface area is 70.9 Å². The minimum Gasteiger partial charge on any atom is -0.0651 e. The third-order valence-electron chi connectivity index (χ3n) is 1.93. The Morgan fingerprint density at radius 1 is 1.27 bits per heavy atom. The van der Waals surface area contributed by atoms with E-state index < -0.39 is 0 Å². The van der Waals surface area contributed by atoms with Crippen LogP contribution in [0.25, 0.3) is 0 Å². The van der Waals surface area contributed by atoms with Crippen molar-refractivity contribution in [2.75, 3.05) is 0 Å². The van der Waals surface area contributed by atoms with Gasteiger partial charge >= 0.3 is 0 Å². The van der Waals surface area contributed by atoms with Crippen molar-refractivity contribution >= 4 is 13.6 Å². The molecular formula is C10H16Si. The molecular weight excluding hydrogens is 148 g/mol. The van der Waals surface area contributed by atoms with Gasteiger partial charge in [0.15, 0.2) is 0 Å². The second-order valence-corrected chi connectivity index (χ2v) is 5.84. The van der Waals surface area contributed by atoms with Crippen molar-refractivity contribution in [2.45, 2.75) is 32.9 Å². The minimum atomic E-state index is -0.209. The van der Waals surface area contributed by atoms with Gasteiger partial charge in [-0.2, -0.15) is 0 Å². The summed E-state index contributed by atoms with van der Waals surface area (Å²) in [5, 5.41) is 1.58. The molecule has 0 nitrogen and oxygen atoms in total. The molecule has 0 saturated heterocycles. The van der Waals surface area contributed by atoms with E-state index in [2.05, 4.69) is 38.2 Å². The average molecular weight is 164 g/mol. The van der Waals surface area contributed by atoms with Gasteiger partial charge in [0, 0.05) is 8.41 Å². The third-order valence-corrected chi connectivity index (χ3v) is 3.40. The molecule has 0 aliphatic heterocycles. The zero-order valence-corrected chi connectivity index (χ0v) is 8.65. The van der Waals surface area contributed by atoms with Gasteiger partial charge in [-0.3, -0.25) is 0 Å². The lowest BCUT2D eigenvalue weighted by molar-refractivity contribution is 0.930. The molecule has 0 aromatic carbocycles. The molecule has 0 amide bonds. The lowest BCUT2D eigenvalue weighted by atomic mass is 10.2. The van der Waals surface area contributed by atoms with Crippen molar-refractivity contribution in [3.63, 3.8) is 0 Å². The summed E-state index contributed by atoms with van der Waals surface area (Å²) in [4.78, 5) is 0. The van der Waals surface area contributed by atoms with Crippen LogP contribution in [-0.4, -0.2) is 13.6 Å². The predicted octanol–water partition coefficient (Wildman–Crippen LogP) is 2.79. The quantitative estimate of drug-likeness (QED) is 0.551. The maximum atomic E-state index is 2.37. The average Bonchev–Trinajstić information content (AvgIpc) is 2.37. The molecule has 0 atom stereocenters. The first-order valence-electron chi connectivity index (χ1n) is 4.30. The second-order valence-electron chi connectivity index (χ2n) is 3.26. The number of allylic oxidation sites excluding steroid dienone is 4. The summed E-state index contributed by atoms with van der Waals surface area (Å²) in [5.41, 5.74) is 1.52. The maximum absolute atomic E-state index is 2.37. The Morgan fingerprint density at radius 2 is 2.00 bits per heavy atom. The van der Waals surface area contributed by atoms with Gasteiger partial charge in [-0.1, -0.05) is 44.7 Å². The van der Waals surface area contributed by atoms with E-state index in [0.717, 1.165) is 0 Å². The van der Waals surface area contributed by atoms with Crippen LogP contribution in [0.3, 0.4) is 0 Å². The topological polar surface area (TPSA) is 0 Å². The summed E-state index contributed by atoms with van der Waals surface area (Å²) in [5.74, 6) is 0. The molecule has 0 saturated carbocycles. The Morgan fingerprint density at radius 3 is 2.45 bits per heavy atom. The van der Waals surface area contributed by atoms with E-state index >= 15 is 0 Å². The van der Waals surface area contributed by atoms with Crippen LogP contribution in [0.5, 0.6) is 0 Å². The van der Waals surface area contributed by atoms with E-state index in [1.54, 1.807) is 5.17 Å². The van der Waals surface area contributed by atoms with Crippen molar-refractivity contribution in [1.29, 1.82) is 0 Å². The molecule has 0 unspecified atom stereocenters. The molecule has 60 valence electrons. The number of hydrogen-bond donors (Lipinski definition) is 0. The van der Waals surface area contributed by atoms with Gasteiger partial charge in [-0.05, 0) is 17.2 Å². The smallest absolute Gasteiger partial charge is 0.0128 e. The number of rotatable bonds is 2. The molecule has 0 spiro atoms. The molecule has 0 radical (unpaired) electrons. The minimum absolute atomic E-state index is 0.209. The molecule has 1 aliphatic rings. The van der Waals surface area contributed by atoms with Crippen LogP contribution in [0.15, 0.2) is 23.8 Å². The van der Waals surface area contributed by atoms with Crippen LogP contribution in [0.1, 0.15) is 19.8 Å². The summed E-state index contributed by atoms with van der Waals surface area (Å²) in [6.45, 7) is 6.92. The molecule has 0 fully saturated rings. The fourth-order valence-corrected chi connectivity index (χ4v) is 2.14.